The van der Waals surface area contributed by atoms with Crippen molar-refractivity contribution < 1.29 is 9.13 Å². The minimum absolute atomic E-state index is 0.134. The van der Waals surface area contributed by atoms with Gasteiger partial charge >= 0.3 is 0 Å². The fraction of sp³-hybridized carbons (Fsp3) is 0.538. The quantitative estimate of drug-likeness (QED) is 0.509. The summed E-state index contributed by atoms with van der Waals surface area (Å²) in [6.45, 7) is 10.6. The van der Waals surface area contributed by atoms with Gasteiger partial charge in [-0.05, 0) is 67.7 Å². The summed E-state index contributed by atoms with van der Waals surface area (Å²) in [6.07, 6.45) is 6.04. The van der Waals surface area contributed by atoms with Gasteiger partial charge in [-0.1, -0.05) is 58.0 Å². The molecule has 1 fully saturated rings. The van der Waals surface area contributed by atoms with Gasteiger partial charge in [0.1, 0.15) is 11.6 Å². The van der Waals surface area contributed by atoms with E-state index in [1.165, 1.54) is 12.8 Å². The van der Waals surface area contributed by atoms with Crippen LogP contribution in [0, 0.1) is 17.2 Å². The molecule has 29 heavy (non-hydrogen) atoms. The van der Waals surface area contributed by atoms with E-state index in [0.717, 1.165) is 43.0 Å². The number of nitrogens with one attached hydrogen (secondary N) is 1. The first-order valence-electron chi connectivity index (χ1n) is 11.1. The number of hydrogen-bond donors (Lipinski definition) is 1. The first-order valence-corrected chi connectivity index (χ1v) is 11.1. The molecule has 0 aliphatic heterocycles. The number of rotatable bonds is 7. The minimum Gasteiger partial charge on any atom is -0.490 e. The summed E-state index contributed by atoms with van der Waals surface area (Å²) in [4.78, 5) is 0. The zero-order valence-electron chi connectivity index (χ0n) is 18.4. The molecule has 0 aromatic heterocycles. The molecular weight excluding hydrogens is 361 g/mol. The van der Waals surface area contributed by atoms with Gasteiger partial charge in [0.15, 0.2) is 0 Å². The molecule has 0 saturated heterocycles. The van der Waals surface area contributed by atoms with Crippen LogP contribution in [0.25, 0.3) is 11.1 Å². The van der Waals surface area contributed by atoms with Crippen LogP contribution in [0.4, 0.5) is 4.39 Å². The van der Waals surface area contributed by atoms with Gasteiger partial charge in [0, 0.05) is 17.7 Å². The topological polar surface area (TPSA) is 21.3 Å². The highest BCUT2D eigenvalue weighted by molar-refractivity contribution is 5.65. The van der Waals surface area contributed by atoms with Crippen molar-refractivity contribution in [3.8, 4) is 16.9 Å². The molecule has 1 saturated carbocycles. The maximum atomic E-state index is 14.9. The van der Waals surface area contributed by atoms with E-state index in [1.54, 1.807) is 0 Å². The molecule has 0 spiro atoms. The Morgan fingerprint density at radius 1 is 1.00 bits per heavy atom. The Labute approximate surface area is 175 Å². The summed E-state index contributed by atoms with van der Waals surface area (Å²) in [5.41, 5.74) is 2.64. The van der Waals surface area contributed by atoms with Crippen LogP contribution in [-0.4, -0.2) is 12.6 Å². The van der Waals surface area contributed by atoms with Crippen molar-refractivity contribution in [1.29, 1.82) is 0 Å². The van der Waals surface area contributed by atoms with E-state index >= 15 is 0 Å². The van der Waals surface area contributed by atoms with Crippen LogP contribution in [0.5, 0.6) is 5.75 Å². The molecule has 2 aromatic carbocycles. The second-order valence-electron chi connectivity index (χ2n) is 9.44. The molecule has 0 heterocycles. The van der Waals surface area contributed by atoms with Crippen LogP contribution in [0.2, 0.25) is 0 Å². The maximum absolute atomic E-state index is 14.9. The Morgan fingerprint density at radius 3 is 2.31 bits per heavy atom. The molecule has 158 valence electrons. The van der Waals surface area contributed by atoms with E-state index in [0.29, 0.717) is 29.2 Å². The van der Waals surface area contributed by atoms with Crippen molar-refractivity contribution in [1.82, 2.24) is 5.32 Å². The van der Waals surface area contributed by atoms with Crippen molar-refractivity contribution in [2.45, 2.75) is 72.4 Å². The fourth-order valence-corrected chi connectivity index (χ4v) is 4.29. The van der Waals surface area contributed by atoms with E-state index in [4.69, 9.17) is 4.74 Å². The van der Waals surface area contributed by atoms with Gasteiger partial charge < -0.3 is 10.1 Å². The zero-order valence-corrected chi connectivity index (χ0v) is 18.4. The zero-order chi connectivity index (χ0) is 20.9. The molecule has 3 rings (SSSR count). The lowest BCUT2D eigenvalue weighted by Crippen LogP contribution is -2.30. The molecule has 2 aromatic rings. The minimum atomic E-state index is -0.134. The van der Waals surface area contributed by atoms with Gasteiger partial charge in [-0.25, -0.2) is 4.39 Å². The van der Waals surface area contributed by atoms with E-state index in [9.17, 15) is 4.39 Å². The van der Waals surface area contributed by atoms with E-state index < -0.39 is 0 Å². The Hall–Kier alpha value is -1.87. The summed E-state index contributed by atoms with van der Waals surface area (Å²) in [7, 11) is 0. The third-order valence-corrected chi connectivity index (χ3v) is 6.19. The van der Waals surface area contributed by atoms with E-state index in [-0.39, 0.29) is 5.82 Å². The van der Waals surface area contributed by atoms with E-state index in [2.05, 4.69) is 33.0 Å². The van der Waals surface area contributed by atoms with Crippen molar-refractivity contribution in [2.24, 2.45) is 11.3 Å². The second kappa shape index (κ2) is 9.75. The normalized spacial score (nSPS) is 19.9. The molecule has 0 atom stereocenters. The molecule has 0 radical (unpaired) electrons. The molecule has 3 heteroatoms. The van der Waals surface area contributed by atoms with Gasteiger partial charge in [0.25, 0.3) is 0 Å². The third kappa shape index (κ3) is 5.82. The number of hydrogen-bond acceptors (Lipinski definition) is 2. The maximum Gasteiger partial charge on any atom is 0.135 e. The van der Waals surface area contributed by atoms with Crippen LogP contribution >= 0.6 is 0 Å². The average molecular weight is 398 g/mol. The molecule has 1 aliphatic carbocycles. The predicted octanol–water partition coefficient (Wildman–Crippen LogP) is 6.98. The van der Waals surface area contributed by atoms with Gasteiger partial charge in [-0.3, -0.25) is 0 Å². The van der Waals surface area contributed by atoms with Crippen molar-refractivity contribution >= 4 is 0 Å². The standard InChI is InChI=1S/C26H36FNO/c1-5-17-28-18-20-7-6-8-24(25(20)27)19-9-13-22(14-10-19)29-23-15-11-21(12-16-23)26(2,3)4/h6-10,13-14,21,23,28H,5,11-12,15-18H2,1-4H3/t21-,23-. The van der Waals surface area contributed by atoms with Crippen LogP contribution in [-0.2, 0) is 6.54 Å². The van der Waals surface area contributed by atoms with Gasteiger partial charge in [-0.2, -0.15) is 0 Å². The number of halogens is 1. The monoisotopic (exact) mass is 397 g/mol. The van der Waals surface area contributed by atoms with Crippen molar-refractivity contribution in [3.05, 3.63) is 53.8 Å². The highest BCUT2D eigenvalue weighted by Gasteiger charge is 2.30. The van der Waals surface area contributed by atoms with Crippen LogP contribution in [0.1, 0.15) is 65.4 Å². The van der Waals surface area contributed by atoms with Crippen molar-refractivity contribution in [2.75, 3.05) is 6.54 Å². The summed E-state index contributed by atoms with van der Waals surface area (Å²) >= 11 is 0. The number of ether oxygens (including phenoxy) is 1. The first-order chi connectivity index (χ1) is 13.9. The van der Waals surface area contributed by atoms with Crippen LogP contribution in [0.3, 0.4) is 0 Å². The average Bonchev–Trinajstić information content (AvgIpc) is 2.70. The van der Waals surface area contributed by atoms with Crippen LogP contribution < -0.4 is 10.1 Å². The number of benzene rings is 2. The molecule has 0 amide bonds. The molecule has 1 N–H and O–H groups in total. The molecular formula is C26H36FNO. The molecule has 1 aliphatic rings. The first kappa shape index (κ1) is 21.8. The Balaban J connectivity index is 1.62. The van der Waals surface area contributed by atoms with Gasteiger partial charge in [-0.15, -0.1) is 0 Å². The summed E-state index contributed by atoms with van der Waals surface area (Å²) in [5, 5.41) is 3.28. The molecule has 0 unspecified atom stereocenters. The highest BCUT2D eigenvalue weighted by Crippen LogP contribution is 2.39. The van der Waals surface area contributed by atoms with Gasteiger partial charge in [0.05, 0.1) is 6.10 Å². The smallest absolute Gasteiger partial charge is 0.135 e. The van der Waals surface area contributed by atoms with Crippen molar-refractivity contribution in [3.63, 3.8) is 0 Å². The summed E-state index contributed by atoms with van der Waals surface area (Å²) < 4.78 is 21.1. The molecule has 0 bridgehead atoms. The fourth-order valence-electron chi connectivity index (χ4n) is 4.29. The summed E-state index contributed by atoms with van der Waals surface area (Å²) in [5.74, 6) is 1.53. The Kier molecular flexibility index (Phi) is 7.34. The van der Waals surface area contributed by atoms with Crippen LogP contribution in [0.15, 0.2) is 42.5 Å². The predicted molar refractivity (Wildman–Crippen MR) is 120 cm³/mol. The lowest BCUT2D eigenvalue weighted by atomic mass is 9.72. The highest BCUT2D eigenvalue weighted by atomic mass is 19.1. The largest absolute Gasteiger partial charge is 0.490 e. The molecule has 2 nitrogen and oxygen atoms in total. The lowest BCUT2D eigenvalue weighted by Gasteiger charge is -2.36. The van der Waals surface area contributed by atoms with E-state index in [1.807, 2.05) is 42.5 Å². The lowest BCUT2D eigenvalue weighted by molar-refractivity contribution is 0.0882. The Morgan fingerprint density at radius 2 is 1.69 bits per heavy atom. The summed E-state index contributed by atoms with van der Waals surface area (Å²) in [6, 6.07) is 13.5. The SMILES string of the molecule is CCCNCc1cccc(-c2ccc(O[C@H]3CC[C@H](C(C)(C)C)CC3)cc2)c1F. The third-order valence-electron chi connectivity index (χ3n) is 6.19. The van der Waals surface area contributed by atoms with Gasteiger partial charge in [0.2, 0.25) is 0 Å². The Bertz CT molecular complexity index is 770. The second-order valence-corrected chi connectivity index (χ2v) is 9.44.